The van der Waals surface area contributed by atoms with Crippen molar-refractivity contribution in [3.05, 3.63) is 63.6 Å². The average molecular weight is 323 g/mol. The Morgan fingerprint density at radius 2 is 2.05 bits per heavy atom. The number of benzene rings is 1. The van der Waals surface area contributed by atoms with Crippen molar-refractivity contribution in [2.45, 2.75) is 13.5 Å². The zero-order valence-corrected chi connectivity index (χ0v) is 11.9. The fourth-order valence-corrected chi connectivity index (χ4v) is 2.09. The quantitative estimate of drug-likeness (QED) is 0.942. The van der Waals surface area contributed by atoms with Gasteiger partial charge in [0.05, 0.1) is 22.3 Å². The van der Waals surface area contributed by atoms with Gasteiger partial charge in [-0.05, 0) is 47.1 Å². The van der Waals surface area contributed by atoms with Crippen LogP contribution in [0.2, 0.25) is 0 Å². The Balaban J connectivity index is 2.08. The molecule has 19 heavy (non-hydrogen) atoms. The molecule has 0 bridgehead atoms. The largest absolute Gasteiger partial charge is 0.346 e. The topological polar surface area (TPSA) is 42.0 Å². The van der Waals surface area contributed by atoms with Gasteiger partial charge in [0.1, 0.15) is 5.82 Å². The van der Waals surface area contributed by atoms with E-state index in [9.17, 15) is 9.18 Å². The summed E-state index contributed by atoms with van der Waals surface area (Å²) in [6.07, 6.45) is 0. The highest BCUT2D eigenvalue weighted by atomic mass is 79.9. The van der Waals surface area contributed by atoms with Gasteiger partial charge in [0, 0.05) is 5.69 Å². The number of hydrogen-bond acceptors (Lipinski definition) is 2. The molecular weight excluding hydrogens is 311 g/mol. The summed E-state index contributed by atoms with van der Waals surface area (Å²) in [5.74, 6) is -0.795. The lowest BCUT2D eigenvalue weighted by atomic mass is 10.2. The van der Waals surface area contributed by atoms with Crippen molar-refractivity contribution in [3.8, 4) is 0 Å². The summed E-state index contributed by atoms with van der Waals surface area (Å²) in [5.41, 5.74) is 1.92. The molecule has 0 saturated heterocycles. The lowest BCUT2D eigenvalue weighted by Gasteiger charge is -2.07. The van der Waals surface area contributed by atoms with E-state index in [2.05, 4.69) is 26.2 Å². The molecule has 3 nitrogen and oxygen atoms in total. The third kappa shape index (κ3) is 3.38. The summed E-state index contributed by atoms with van der Waals surface area (Å²) in [4.78, 5) is 16.2. The second kappa shape index (κ2) is 5.93. The SMILES string of the molecule is Cc1cccc(CNC(=O)c2cccc(F)c2Br)n1. The van der Waals surface area contributed by atoms with Crippen LogP contribution in [0, 0.1) is 12.7 Å². The van der Waals surface area contributed by atoms with Crippen molar-refractivity contribution in [2.24, 2.45) is 0 Å². The van der Waals surface area contributed by atoms with E-state index in [0.29, 0.717) is 6.54 Å². The Morgan fingerprint density at radius 3 is 2.79 bits per heavy atom. The number of halogens is 2. The molecule has 0 saturated carbocycles. The van der Waals surface area contributed by atoms with Crippen molar-refractivity contribution in [1.82, 2.24) is 10.3 Å². The molecule has 0 aliphatic heterocycles. The van der Waals surface area contributed by atoms with E-state index in [1.165, 1.54) is 12.1 Å². The van der Waals surface area contributed by atoms with Gasteiger partial charge in [-0.1, -0.05) is 12.1 Å². The predicted octanol–water partition coefficient (Wildman–Crippen LogP) is 3.22. The number of aryl methyl sites for hydroxylation is 1. The van der Waals surface area contributed by atoms with Crippen LogP contribution in [0.3, 0.4) is 0 Å². The number of aromatic nitrogens is 1. The first kappa shape index (κ1) is 13.7. The molecule has 0 spiro atoms. The van der Waals surface area contributed by atoms with E-state index in [1.807, 2.05) is 25.1 Å². The molecule has 0 radical (unpaired) electrons. The summed E-state index contributed by atoms with van der Waals surface area (Å²) in [6, 6.07) is 9.94. The molecule has 1 amide bonds. The number of nitrogens with one attached hydrogen (secondary N) is 1. The van der Waals surface area contributed by atoms with Gasteiger partial charge in [-0.15, -0.1) is 0 Å². The molecule has 1 N–H and O–H groups in total. The first-order valence-electron chi connectivity index (χ1n) is 5.72. The highest BCUT2D eigenvalue weighted by molar-refractivity contribution is 9.10. The molecule has 0 unspecified atom stereocenters. The molecule has 0 fully saturated rings. The Hall–Kier alpha value is -1.75. The second-order valence-corrected chi connectivity index (χ2v) is 4.85. The van der Waals surface area contributed by atoms with Crippen molar-refractivity contribution in [1.29, 1.82) is 0 Å². The molecular formula is C14H12BrFN2O. The van der Waals surface area contributed by atoms with Gasteiger partial charge in [0.2, 0.25) is 0 Å². The van der Waals surface area contributed by atoms with Gasteiger partial charge in [-0.3, -0.25) is 9.78 Å². The van der Waals surface area contributed by atoms with Crippen LogP contribution in [-0.4, -0.2) is 10.9 Å². The number of nitrogens with zero attached hydrogens (tertiary/aromatic N) is 1. The van der Waals surface area contributed by atoms with Crippen LogP contribution < -0.4 is 5.32 Å². The van der Waals surface area contributed by atoms with E-state index >= 15 is 0 Å². The van der Waals surface area contributed by atoms with Crippen LogP contribution in [0.15, 0.2) is 40.9 Å². The van der Waals surface area contributed by atoms with E-state index in [1.54, 1.807) is 6.07 Å². The molecule has 1 aromatic heterocycles. The minimum atomic E-state index is -0.457. The highest BCUT2D eigenvalue weighted by Crippen LogP contribution is 2.20. The van der Waals surface area contributed by atoms with Gasteiger partial charge >= 0.3 is 0 Å². The fourth-order valence-electron chi connectivity index (χ4n) is 1.64. The Morgan fingerprint density at radius 1 is 1.32 bits per heavy atom. The number of amides is 1. The summed E-state index contributed by atoms with van der Waals surface area (Å²) in [7, 11) is 0. The highest BCUT2D eigenvalue weighted by Gasteiger charge is 2.12. The third-order valence-corrected chi connectivity index (χ3v) is 3.38. The Bertz CT molecular complexity index is 616. The van der Waals surface area contributed by atoms with Crippen LogP contribution in [0.25, 0.3) is 0 Å². The standard InChI is InChI=1S/C14H12BrFN2O/c1-9-4-2-5-10(18-9)8-17-14(19)11-6-3-7-12(16)13(11)15/h2-7H,8H2,1H3,(H,17,19). The zero-order chi connectivity index (χ0) is 13.8. The van der Waals surface area contributed by atoms with E-state index in [0.717, 1.165) is 11.4 Å². The van der Waals surface area contributed by atoms with Gasteiger partial charge in [0.25, 0.3) is 5.91 Å². The van der Waals surface area contributed by atoms with Gasteiger partial charge in [-0.25, -0.2) is 4.39 Å². The monoisotopic (exact) mass is 322 g/mol. The van der Waals surface area contributed by atoms with Crippen LogP contribution in [0.1, 0.15) is 21.7 Å². The Labute approximate surface area is 119 Å². The molecule has 2 aromatic rings. The maximum atomic E-state index is 13.3. The van der Waals surface area contributed by atoms with E-state index in [-0.39, 0.29) is 15.9 Å². The molecule has 1 aromatic carbocycles. The molecule has 98 valence electrons. The van der Waals surface area contributed by atoms with Crippen LogP contribution in [-0.2, 0) is 6.54 Å². The zero-order valence-electron chi connectivity index (χ0n) is 10.3. The minimum absolute atomic E-state index is 0.171. The lowest BCUT2D eigenvalue weighted by Crippen LogP contribution is -2.24. The molecule has 2 rings (SSSR count). The summed E-state index contributed by atoms with van der Waals surface area (Å²) >= 11 is 3.07. The third-order valence-electron chi connectivity index (χ3n) is 2.57. The van der Waals surface area contributed by atoms with Crippen LogP contribution in [0.5, 0.6) is 0 Å². The van der Waals surface area contributed by atoms with Crippen molar-refractivity contribution in [2.75, 3.05) is 0 Å². The number of rotatable bonds is 3. The van der Waals surface area contributed by atoms with Crippen LogP contribution >= 0.6 is 15.9 Å². The molecule has 0 aliphatic carbocycles. The summed E-state index contributed by atoms with van der Waals surface area (Å²) in [5, 5.41) is 2.71. The van der Waals surface area contributed by atoms with Crippen molar-refractivity contribution in [3.63, 3.8) is 0 Å². The smallest absolute Gasteiger partial charge is 0.252 e. The van der Waals surface area contributed by atoms with Gasteiger partial charge in [-0.2, -0.15) is 0 Å². The molecule has 5 heteroatoms. The Kier molecular flexibility index (Phi) is 4.27. The number of pyridine rings is 1. The maximum Gasteiger partial charge on any atom is 0.252 e. The van der Waals surface area contributed by atoms with E-state index in [4.69, 9.17) is 0 Å². The summed E-state index contributed by atoms with van der Waals surface area (Å²) in [6.45, 7) is 2.19. The average Bonchev–Trinajstić information content (AvgIpc) is 2.39. The minimum Gasteiger partial charge on any atom is -0.346 e. The predicted molar refractivity (Wildman–Crippen MR) is 74.2 cm³/mol. The normalized spacial score (nSPS) is 10.3. The molecule has 0 atom stereocenters. The molecule has 0 aliphatic rings. The van der Waals surface area contributed by atoms with Crippen molar-refractivity contribution < 1.29 is 9.18 Å². The number of hydrogen-bond donors (Lipinski definition) is 1. The van der Waals surface area contributed by atoms with Gasteiger partial charge < -0.3 is 5.32 Å². The first-order valence-corrected chi connectivity index (χ1v) is 6.52. The lowest BCUT2D eigenvalue weighted by molar-refractivity contribution is 0.0949. The van der Waals surface area contributed by atoms with Crippen molar-refractivity contribution >= 4 is 21.8 Å². The van der Waals surface area contributed by atoms with Gasteiger partial charge in [0.15, 0.2) is 0 Å². The van der Waals surface area contributed by atoms with E-state index < -0.39 is 5.82 Å². The number of carbonyl (C=O) groups excluding carboxylic acids is 1. The fraction of sp³-hybridized carbons (Fsp3) is 0.143. The number of carbonyl (C=O) groups is 1. The second-order valence-electron chi connectivity index (χ2n) is 4.05. The molecule has 1 heterocycles. The first-order chi connectivity index (χ1) is 9.08. The van der Waals surface area contributed by atoms with Crippen LogP contribution in [0.4, 0.5) is 4.39 Å². The maximum absolute atomic E-state index is 13.3. The summed E-state index contributed by atoms with van der Waals surface area (Å²) < 4.78 is 13.5.